The van der Waals surface area contributed by atoms with Gasteiger partial charge in [-0.1, -0.05) is 24.3 Å². The van der Waals surface area contributed by atoms with Crippen LogP contribution in [0.3, 0.4) is 0 Å². The van der Waals surface area contributed by atoms with Gasteiger partial charge in [-0.2, -0.15) is 22.0 Å². The van der Waals surface area contributed by atoms with Crippen LogP contribution < -0.4 is 10.1 Å². The Kier molecular flexibility index (Phi) is 6.70. The number of amides is 1. The maximum absolute atomic E-state index is 14.5. The van der Waals surface area contributed by atoms with Crippen LogP contribution in [0.25, 0.3) is 0 Å². The van der Waals surface area contributed by atoms with Gasteiger partial charge in [-0.05, 0) is 38.5 Å². The van der Waals surface area contributed by atoms with Crippen molar-refractivity contribution in [2.75, 3.05) is 6.61 Å². The standard InChI is InChI=1S/C20H21F5N2O3/c1-12(16-9-8-15(10-26-16)30-11-19(21,22)23)27-17(28)20(24,25)14-6-4-13(5-7-14)18(2,3)29/h4-10,12,29H,11H2,1-3H3,(H,27,28)/t12-/m1/s1. The molecule has 0 saturated heterocycles. The van der Waals surface area contributed by atoms with Crippen molar-refractivity contribution in [1.29, 1.82) is 0 Å². The number of nitrogens with one attached hydrogen (secondary N) is 1. The normalized spacial score (nSPS) is 13.6. The molecule has 1 aromatic heterocycles. The van der Waals surface area contributed by atoms with Crippen LogP contribution in [0.15, 0.2) is 42.6 Å². The summed E-state index contributed by atoms with van der Waals surface area (Å²) in [7, 11) is 0. The van der Waals surface area contributed by atoms with Crippen LogP contribution >= 0.6 is 0 Å². The van der Waals surface area contributed by atoms with E-state index < -0.39 is 41.8 Å². The molecule has 0 aliphatic carbocycles. The second-order valence-corrected chi connectivity index (χ2v) is 7.23. The molecule has 5 nitrogen and oxygen atoms in total. The van der Waals surface area contributed by atoms with Gasteiger partial charge in [0.1, 0.15) is 5.75 Å². The number of aromatic nitrogens is 1. The van der Waals surface area contributed by atoms with Crippen LogP contribution in [0.4, 0.5) is 22.0 Å². The molecule has 0 bridgehead atoms. The molecule has 1 aromatic carbocycles. The molecule has 0 spiro atoms. The molecule has 0 fully saturated rings. The lowest BCUT2D eigenvalue weighted by Crippen LogP contribution is -2.39. The maximum Gasteiger partial charge on any atom is 0.422 e. The van der Waals surface area contributed by atoms with E-state index in [1.165, 1.54) is 45.0 Å². The summed E-state index contributed by atoms with van der Waals surface area (Å²) in [6.07, 6.45) is -3.49. The van der Waals surface area contributed by atoms with Crippen molar-refractivity contribution in [1.82, 2.24) is 10.3 Å². The summed E-state index contributed by atoms with van der Waals surface area (Å²) >= 11 is 0. The lowest BCUT2D eigenvalue weighted by molar-refractivity contribution is -0.153. The second kappa shape index (κ2) is 8.55. The van der Waals surface area contributed by atoms with Gasteiger partial charge >= 0.3 is 12.1 Å². The predicted molar refractivity (Wildman–Crippen MR) is 97.9 cm³/mol. The molecule has 0 unspecified atom stereocenters. The third-order valence-electron chi connectivity index (χ3n) is 4.19. The molecule has 0 aliphatic heterocycles. The van der Waals surface area contributed by atoms with Gasteiger partial charge in [0.05, 0.1) is 23.5 Å². The molecule has 10 heteroatoms. The first-order valence-corrected chi connectivity index (χ1v) is 8.88. The van der Waals surface area contributed by atoms with Crippen LogP contribution in [0.5, 0.6) is 5.75 Å². The van der Waals surface area contributed by atoms with E-state index in [4.69, 9.17) is 0 Å². The van der Waals surface area contributed by atoms with E-state index in [1.54, 1.807) is 0 Å². The fourth-order valence-electron chi connectivity index (χ4n) is 2.48. The summed E-state index contributed by atoms with van der Waals surface area (Å²) in [6.45, 7) is 2.92. The average molecular weight is 432 g/mol. The number of hydrogen-bond donors (Lipinski definition) is 2. The van der Waals surface area contributed by atoms with E-state index in [2.05, 4.69) is 15.0 Å². The molecule has 2 N–H and O–H groups in total. The Labute approximate surface area is 169 Å². The van der Waals surface area contributed by atoms with Gasteiger partial charge in [-0.25, -0.2) is 0 Å². The van der Waals surface area contributed by atoms with Gasteiger partial charge in [0.25, 0.3) is 5.91 Å². The first kappa shape index (κ1) is 23.5. The summed E-state index contributed by atoms with van der Waals surface area (Å²) < 4.78 is 70.0. The smallest absolute Gasteiger partial charge is 0.422 e. The zero-order chi connectivity index (χ0) is 22.7. The Bertz CT molecular complexity index is 860. The number of carbonyl (C=O) groups excluding carboxylic acids is 1. The summed E-state index contributed by atoms with van der Waals surface area (Å²) in [5, 5.41) is 12.0. The van der Waals surface area contributed by atoms with Crippen molar-refractivity contribution >= 4 is 5.91 Å². The molecular weight excluding hydrogens is 411 g/mol. The molecule has 0 radical (unpaired) electrons. The monoisotopic (exact) mass is 432 g/mol. The van der Waals surface area contributed by atoms with Crippen molar-refractivity contribution in [3.63, 3.8) is 0 Å². The molecular formula is C20H21F5N2O3. The summed E-state index contributed by atoms with van der Waals surface area (Å²) in [5.74, 6) is -5.56. The molecule has 0 saturated carbocycles. The van der Waals surface area contributed by atoms with Crippen LogP contribution in [0.2, 0.25) is 0 Å². The van der Waals surface area contributed by atoms with Gasteiger partial charge in [0.2, 0.25) is 0 Å². The van der Waals surface area contributed by atoms with Crippen LogP contribution in [-0.2, 0) is 16.3 Å². The largest absolute Gasteiger partial charge is 0.483 e. The van der Waals surface area contributed by atoms with E-state index >= 15 is 0 Å². The van der Waals surface area contributed by atoms with Crippen LogP contribution in [-0.4, -0.2) is 28.8 Å². The summed E-state index contributed by atoms with van der Waals surface area (Å²) in [5.41, 5.74) is -1.19. The lowest BCUT2D eigenvalue weighted by Gasteiger charge is -2.22. The van der Waals surface area contributed by atoms with Crippen LogP contribution in [0.1, 0.15) is 43.6 Å². The van der Waals surface area contributed by atoms with Gasteiger partial charge < -0.3 is 15.2 Å². The van der Waals surface area contributed by atoms with Crippen molar-refractivity contribution in [2.24, 2.45) is 0 Å². The number of benzene rings is 1. The topological polar surface area (TPSA) is 71.5 Å². The minimum Gasteiger partial charge on any atom is -0.483 e. The minimum atomic E-state index is -4.50. The van der Waals surface area contributed by atoms with E-state index in [0.29, 0.717) is 5.56 Å². The molecule has 1 amide bonds. The Morgan fingerprint density at radius 1 is 1.07 bits per heavy atom. The highest BCUT2D eigenvalue weighted by molar-refractivity contribution is 5.85. The fraction of sp³-hybridized carbons (Fsp3) is 0.400. The van der Waals surface area contributed by atoms with Gasteiger partial charge in [0, 0.05) is 5.56 Å². The highest BCUT2D eigenvalue weighted by Gasteiger charge is 2.41. The second-order valence-electron chi connectivity index (χ2n) is 7.23. The van der Waals surface area contributed by atoms with E-state index in [0.717, 1.165) is 18.3 Å². The molecule has 2 rings (SSSR count). The van der Waals surface area contributed by atoms with E-state index in [1.807, 2.05) is 0 Å². The number of hydrogen-bond acceptors (Lipinski definition) is 4. The van der Waals surface area contributed by atoms with Gasteiger partial charge in [-0.3, -0.25) is 9.78 Å². The Morgan fingerprint density at radius 2 is 1.63 bits per heavy atom. The summed E-state index contributed by atoms with van der Waals surface area (Å²) in [4.78, 5) is 16.0. The number of aliphatic hydroxyl groups is 1. The average Bonchev–Trinajstić information content (AvgIpc) is 2.65. The molecule has 1 heterocycles. The minimum absolute atomic E-state index is 0.146. The quantitative estimate of drug-likeness (QED) is 0.643. The van der Waals surface area contributed by atoms with Gasteiger partial charge in [-0.15, -0.1) is 0 Å². The molecule has 1 atom stereocenters. The van der Waals surface area contributed by atoms with Crippen molar-refractivity contribution in [3.05, 3.63) is 59.4 Å². The summed E-state index contributed by atoms with van der Waals surface area (Å²) in [6, 6.07) is 6.26. The van der Waals surface area contributed by atoms with Gasteiger partial charge in [0.15, 0.2) is 6.61 Å². The maximum atomic E-state index is 14.5. The molecule has 2 aromatic rings. The molecule has 30 heavy (non-hydrogen) atoms. The Balaban J connectivity index is 2.05. The number of alkyl halides is 5. The SMILES string of the molecule is C[C@@H](NC(=O)C(F)(F)c1ccc(C(C)(C)O)cc1)c1ccc(OCC(F)(F)F)cn1. The first-order chi connectivity index (χ1) is 13.7. The molecule has 164 valence electrons. The lowest BCUT2D eigenvalue weighted by atomic mass is 9.96. The number of nitrogens with zero attached hydrogens (tertiary/aromatic N) is 1. The zero-order valence-electron chi connectivity index (χ0n) is 16.4. The number of ether oxygens (including phenoxy) is 1. The van der Waals surface area contributed by atoms with Crippen molar-refractivity contribution < 1.29 is 36.6 Å². The van der Waals surface area contributed by atoms with Crippen molar-refractivity contribution in [2.45, 2.75) is 44.5 Å². The first-order valence-electron chi connectivity index (χ1n) is 8.88. The van der Waals surface area contributed by atoms with E-state index in [9.17, 15) is 31.9 Å². The number of rotatable bonds is 7. The highest BCUT2D eigenvalue weighted by atomic mass is 19.4. The van der Waals surface area contributed by atoms with E-state index in [-0.39, 0.29) is 11.4 Å². The third kappa shape index (κ3) is 6.12. The zero-order valence-corrected chi connectivity index (χ0v) is 16.4. The van der Waals surface area contributed by atoms with Crippen molar-refractivity contribution in [3.8, 4) is 5.75 Å². The number of halogens is 5. The number of carbonyl (C=O) groups is 1. The Morgan fingerprint density at radius 3 is 2.10 bits per heavy atom. The highest BCUT2D eigenvalue weighted by Crippen LogP contribution is 2.31. The van der Waals surface area contributed by atoms with Crippen LogP contribution in [0, 0.1) is 0 Å². The predicted octanol–water partition coefficient (Wildman–Crippen LogP) is 4.22. The fourth-order valence-corrected chi connectivity index (χ4v) is 2.48. The molecule has 0 aliphatic rings. The Hall–Kier alpha value is -2.75. The number of pyridine rings is 1. The third-order valence-corrected chi connectivity index (χ3v) is 4.19.